The molecule has 0 radical (unpaired) electrons. The van der Waals surface area contributed by atoms with Crippen LogP contribution in [0.15, 0.2) is 207 Å². The third kappa shape index (κ3) is 6.30. The third-order valence-electron chi connectivity index (χ3n) is 19.7. The Balaban J connectivity index is 0.0000000954. The van der Waals surface area contributed by atoms with Crippen molar-refractivity contribution in [1.82, 2.24) is 0 Å². The number of nitrogens with zero attached hydrogens (tertiary/aromatic N) is 3. The molecule has 0 spiro atoms. The third-order valence-corrected chi connectivity index (χ3v) is 19.7. The fourth-order valence-electron chi connectivity index (χ4n) is 15.8. The van der Waals surface area contributed by atoms with Crippen molar-refractivity contribution in [3.8, 4) is 51.0 Å². The maximum Gasteiger partial charge on any atom is 0.292 e. The van der Waals surface area contributed by atoms with Gasteiger partial charge < -0.3 is 14.2 Å². The first-order valence-electron chi connectivity index (χ1n) is 29.2. The Bertz CT molecular complexity index is 5090. The normalized spacial score (nSPS) is 15.8. The summed E-state index contributed by atoms with van der Waals surface area (Å²) >= 11 is 0. The van der Waals surface area contributed by atoms with Crippen molar-refractivity contribution in [2.24, 2.45) is 0 Å². The minimum atomic E-state index is -0.0738. The second-order valence-corrected chi connectivity index (χ2v) is 25.4. The summed E-state index contributed by atoms with van der Waals surface area (Å²) in [5, 5.41) is 20.3. The predicted molar refractivity (Wildman–Crippen MR) is 335 cm³/mol. The first kappa shape index (κ1) is 47.0. The van der Waals surface area contributed by atoms with Gasteiger partial charge in [-0.1, -0.05) is 151 Å². The van der Waals surface area contributed by atoms with E-state index in [4.69, 9.17) is 14.2 Å². The maximum absolute atomic E-state index is 6.43. The van der Waals surface area contributed by atoms with Crippen LogP contribution in [0, 0.1) is 0 Å². The molecule has 6 heteroatoms. The van der Waals surface area contributed by atoms with Gasteiger partial charge in [0.2, 0.25) is 17.1 Å². The van der Waals surface area contributed by atoms with Crippen LogP contribution in [0.3, 0.4) is 0 Å². The smallest absolute Gasteiger partial charge is 0.292 e. The lowest BCUT2D eigenvalue weighted by atomic mass is 9.80. The Kier molecular flexibility index (Phi) is 9.23. The van der Waals surface area contributed by atoms with Gasteiger partial charge in [0.15, 0.2) is 18.6 Å². The molecular weight excluding hydrogens is 1010 g/mol. The van der Waals surface area contributed by atoms with Gasteiger partial charge in [0.25, 0.3) is 20.2 Å². The van der Waals surface area contributed by atoms with Gasteiger partial charge in [-0.15, -0.1) is 0 Å². The lowest BCUT2D eigenvalue weighted by Gasteiger charge is -2.22. The number of pyridine rings is 3. The fourth-order valence-corrected chi connectivity index (χ4v) is 15.8. The molecule has 0 unspecified atom stereocenters. The van der Waals surface area contributed by atoms with Crippen molar-refractivity contribution in [1.29, 1.82) is 0 Å². The number of ether oxygens (including phenoxy) is 3. The van der Waals surface area contributed by atoms with Crippen LogP contribution in [0.25, 0.3) is 120 Å². The lowest BCUT2D eigenvalue weighted by Crippen LogP contribution is -2.42. The standard InChI is InChI=1S/2C27H20NO.C23H18NO/c2*1-27(2)22-13-19-11-16-7-3-4-8-17(16)12-21(19)26-23(22)25-24(27)20-10-6-5-9-18(20)14-28(25)15-29-26;1-23(2)18-8-5-9-24-13-25-22-17-11-15-7-4-3-6-14(15)10-16(17)12-19(23)20(22)21(18)24/h2*3-14H,15H2,1-2H3;3-12H,13H2,1-2H3/q3*+1. The summed E-state index contributed by atoms with van der Waals surface area (Å²) in [6.07, 6.45) is 6.61. The molecule has 6 aliphatic rings. The van der Waals surface area contributed by atoms with Crippen LogP contribution in [0.1, 0.15) is 74.9 Å². The molecule has 0 atom stereocenters. The number of hydrogen-bond donors (Lipinski definition) is 0. The van der Waals surface area contributed by atoms with Gasteiger partial charge in [-0.3, -0.25) is 0 Å². The topological polar surface area (TPSA) is 39.3 Å². The van der Waals surface area contributed by atoms with E-state index in [9.17, 15) is 0 Å². The minimum Gasteiger partial charge on any atom is -0.434 e. The van der Waals surface area contributed by atoms with Crippen molar-refractivity contribution in [3.63, 3.8) is 0 Å². The van der Waals surface area contributed by atoms with E-state index in [1.54, 1.807) is 0 Å². The van der Waals surface area contributed by atoms with E-state index in [1.807, 2.05) is 0 Å². The van der Waals surface area contributed by atoms with Gasteiger partial charge in [-0.05, 0) is 149 Å². The van der Waals surface area contributed by atoms with Crippen LogP contribution in [0.5, 0.6) is 17.2 Å². The van der Waals surface area contributed by atoms with Crippen molar-refractivity contribution < 1.29 is 27.9 Å². The summed E-state index contributed by atoms with van der Waals surface area (Å²) in [4.78, 5) is 0. The Hall–Kier alpha value is -9.65. The molecule has 0 fully saturated rings. The average Bonchev–Trinajstić information content (AvgIpc) is 2.20. The molecule has 0 amide bonds. The largest absolute Gasteiger partial charge is 0.434 e. The van der Waals surface area contributed by atoms with E-state index < -0.39 is 0 Å². The number of rotatable bonds is 0. The highest BCUT2D eigenvalue weighted by molar-refractivity contribution is 6.10. The van der Waals surface area contributed by atoms with E-state index in [2.05, 4.69) is 262 Å². The summed E-state index contributed by atoms with van der Waals surface area (Å²) < 4.78 is 26.0. The van der Waals surface area contributed by atoms with Crippen LogP contribution >= 0.6 is 0 Å². The van der Waals surface area contributed by atoms with Crippen LogP contribution < -0.4 is 27.9 Å². The molecule has 0 N–H and O–H groups in total. The first-order chi connectivity index (χ1) is 40.4. The zero-order chi connectivity index (χ0) is 55.4. The molecule has 20 rings (SSSR count). The molecule has 0 saturated carbocycles. The SMILES string of the molecule is CC1(C)c2cc3cc4ccccc4cc3c3c2-c2c1c1ccccc1c[n+]2CO3.CC1(C)c2cc3cc4ccccc4cc3c3c2-c2c1c1ccccc1c[n+]2CO3.CC1(C)c2cc3cc4ccccc4cc3c3c2-c2c1ccc[n+]2CO3. The summed E-state index contributed by atoms with van der Waals surface area (Å²) in [5.41, 5.74) is 16.1. The van der Waals surface area contributed by atoms with Gasteiger partial charge in [-0.25, -0.2) is 0 Å². The molecule has 6 heterocycles. The van der Waals surface area contributed by atoms with Crippen LogP contribution in [0.4, 0.5) is 0 Å². The highest BCUT2D eigenvalue weighted by Gasteiger charge is 2.50. The quantitative estimate of drug-likeness (QED) is 0.112. The van der Waals surface area contributed by atoms with Crippen molar-refractivity contribution in [2.75, 3.05) is 0 Å². The average molecular weight is 1070 g/mol. The van der Waals surface area contributed by atoms with Crippen LogP contribution in [0.2, 0.25) is 0 Å². The van der Waals surface area contributed by atoms with Crippen molar-refractivity contribution in [3.05, 3.63) is 240 Å². The van der Waals surface area contributed by atoms with Gasteiger partial charge in [0, 0.05) is 65.9 Å². The monoisotopic (exact) mass is 1070 g/mol. The van der Waals surface area contributed by atoms with E-state index >= 15 is 0 Å². The zero-order valence-electron chi connectivity index (χ0n) is 47.3. The van der Waals surface area contributed by atoms with Gasteiger partial charge >= 0.3 is 0 Å². The predicted octanol–water partition coefficient (Wildman–Crippen LogP) is 17.1. The van der Waals surface area contributed by atoms with E-state index in [0.29, 0.717) is 20.2 Å². The summed E-state index contributed by atoms with van der Waals surface area (Å²) in [7, 11) is 0. The second-order valence-electron chi connectivity index (χ2n) is 25.4. The first-order valence-corrected chi connectivity index (χ1v) is 29.2. The Morgan fingerprint density at radius 1 is 0.289 bits per heavy atom. The molecule has 3 aromatic heterocycles. The number of aromatic nitrogens is 3. The van der Waals surface area contributed by atoms with Crippen LogP contribution in [-0.2, 0) is 36.4 Å². The van der Waals surface area contributed by atoms with Gasteiger partial charge in [0.1, 0.15) is 17.2 Å². The number of hydrogen-bond acceptors (Lipinski definition) is 3. The van der Waals surface area contributed by atoms with Crippen LogP contribution in [-0.4, -0.2) is 0 Å². The molecule has 11 aromatic carbocycles. The van der Waals surface area contributed by atoms with Crippen molar-refractivity contribution in [2.45, 2.75) is 78.0 Å². The van der Waals surface area contributed by atoms with E-state index in [1.165, 1.54) is 153 Å². The van der Waals surface area contributed by atoms with E-state index in [0.717, 1.165) is 17.2 Å². The molecule has 0 saturated heterocycles. The number of benzene rings is 11. The Morgan fingerprint density at radius 3 is 1.04 bits per heavy atom. The molecule has 3 aliphatic carbocycles. The molecule has 3 aliphatic heterocycles. The van der Waals surface area contributed by atoms with Crippen molar-refractivity contribution >= 4 is 86.2 Å². The zero-order valence-corrected chi connectivity index (χ0v) is 47.3. The molecule has 6 nitrogen and oxygen atoms in total. The lowest BCUT2D eigenvalue weighted by molar-refractivity contribution is -0.717. The van der Waals surface area contributed by atoms with Gasteiger partial charge in [0.05, 0.1) is 16.7 Å². The second kappa shape index (κ2) is 16.3. The molecule has 0 bridgehead atoms. The number of fused-ring (bicyclic) bond motifs is 13. The summed E-state index contributed by atoms with van der Waals surface area (Å²) in [5.74, 6) is 3.15. The highest BCUT2D eigenvalue weighted by atomic mass is 16.5. The summed E-state index contributed by atoms with van der Waals surface area (Å²) in [6.45, 7) is 15.8. The minimum absolute atomic E-state index is 0.00401. The molecular formula is C77H58N3O3+3. The summed E-state index contributed by atoms with van der Waals surface area (Å²) in [6, 6.07) is 68.6. The Morgan fingerprint density at radius 2 is 0.627 bits per heavy atom. The molecule has 14 aromatic rings. The van der Waals surface area contributed by atoms with E-state index in [-0.39, 0.29) is 16.2 Å². The molecule has 396 valence electrons. The Labute approximate surface area is 480 Å². The maximum atomic E-state index is 6.43. The fraction of sp³-hybridized carbons (Fsp3) is 0.156. The van der Waals surface area contributed by atoms with Gasteiger partial charge in [-0.2, -0.15) is 13.7 Å². The highest BCUT2D eigenvalue weighted by Crippen LogP contribution is 2.59. The molecule has 83 heavy (non-hydrogen) atoms.